The number of aromatic amines is 1. The minimum atomic E-state index is -0.455. The van der Waals surface area contributed by atoms with Crippen LogP contribution < -0.4 is 5.84 Å². The maximum atomic E-state index is 13.6. The molecule has 2 atom stereocenters. The maximum Gasteiger partial charge on any atom is 0.141 e. The summed E-state index contributed by atoms with van der Waals surface area (Å²) >= 11 is 0. The number of nitrogens with two attached hydrogens (primary N) is 1. The molecule has 0 aliphatic carbocycles. The topological polar surface area (TPSA) is 88.6 Å². The van der Waals surface area contributed by atoms with Crippen molar-refractivity contribution in [2.24, 2.45) is 11.8 Å². The molecule has 1 aliphatic rings. The van der Waals surface area contributed by atoms with Crippen molar-refractivity contribution >= 4 is 11.0 Å². The lowest BCUT2D eigenvalue weighted by molar-refractivity contribution is 0.235. The first-order valence-electron chi connectivity index (χ1n) is 7.64. The Bertz CT molecular complexity index is 811. The molecule has 3 aromatic rings. The summed E-state index contributed by atoms with van der Waals surface area (Å²) in [4.78, 5) is 11.6. The molecule has 7 nitrogen and oxygen atoms in total. The van der Waals surface area contributed by atoms with E-state index in [1.54, 1.807) is 15.9 Å². The molecule has 0 saturated carbocycles. The highest BCUT2D eigenvalue weighted by Gasteiger charge is 2.30. The summed E-state index contributed by atoms with van der Waals surface area (Å²) in [7, 11) is 0. The van der Waals surface area contributed by atoms with Crippen LogP contribution >= 0.6 is 0 Å². The molecule has 0 aromatic carbocycles. The average Bonchev–Trinajstić information content (AvgIpc) is 3.28. The molecule has 8 heteroatoms. The van der Waals surface area contributed by atoms with Gasteiger partial charge in [0.25, 0.3) is 0 Å². The van der Waals surface area contributed by atoms with Crippen molar-refractivity contribution in [3.05, 3.63) is 31.0 Å². The van der Waals surface area contributed by atoms with E-state index in [1.807, 2.05) is 18.5 Å². The van der Waals surface area contributed by atoms with Gasteiger partial charge in [0.1, 0.15) is 18.6 Å². The lowest BCUT2D eigenvalue weighted by Gasteiger charge is -2.20. The van der Waals surface area contributed by atoms with Gasteiger partial charge in [0.15, 0.2) is 0 Å². The summed E-state index contributed by atoms with van der Waals surface area (Å²) in [5.41, 5.74) is 2.43. The molecule has 1 fully saturated rings. The molecule has 0 bridgehead atoms. The molecule has 3 aromatic heterocycles. The fourth-order valence-electron chi connectivity index (χ4n) is 3.29. The number of hydrazine groups is 1. The second kappa shape index (κ2) is 5.71. The van der Waals surface area contributed by atoms with Crippen LogP contribution in [-0.4, -0.2) is 49.5 Å². The molecule has 0 amide bonds. The van der Waals surface area contributed by atoms with Crippen LogP contribution in [0, 0.1) is 5.92 Å². The summed E-state index contributed by atoms with van der Waals surface area (Å²) < 4.78 is 15.3. The van der Waals surface area contributed by atoms with Crippen LogP contribution in [0.2, 0.25) is 0 Å². The average molecular weight is 315 g/mol. The van der Waals surface area contributed by atoms with Crippen LogP contribution in [0.4, 0.5) is 4.39 Å². The van der Waals surface area contributed by atoms with Crippen molar-refractivity contribution in [2.45, 2.75) is 12.5 Å². The predicted octanol–water partition coefficient (Wildman–Crippen LogP) is 1.53. The normalized spacial score (nSPS) is 20.3. The van der Waals surface area contributed by atoms with Gasteiger partial charge in [-0.15, -0.1) is 0 Å². The number of H-pyrrole nitrogens is 1. The Balaban J connectivity index is 1.67. The SMILES string of the molecule is NN1CCC(C(CF)n2cc(-c3ncnc4[nH]ccc34)cn2)C1. The quantitative estimate of drug-likeness (QED) is 0.713. The largest absolute Gasteiger partial charge is 0.346 e. The standard InChI is InChI=1S/C15H18FN7/c16-5-13(10-2-4-22(17)7-10)23-8-11(6-21-23)14-12-1-3-18-15(12)20-9-19-14/h1,3,6,8-10,13H,2,4-5,7,17H2,(H,18,19,20). The van der Waals surface area contributed by atoms with Crippen LogP contribution in [0.3, 0.4) is 0 Å². The van der Waals surface area contributed by atoms with E-state index >= 15 is 0 Å². The molecule has 2 unspecified atom stereocenters. The van der Waals surface area contributed by atoms with Crippen LogP contribution in [0.1, 0.15) is 12.5 Å². The smallest absolute Gasteiger partial charge is 0.141 e. The second-order valence-electron chi connectivity index (χ2n) is 5.94. The summed E-state index contributed by atoms with van der Waals surface area (Å²) in [5, 5.41) is 7.04. The van der Waals surface area contributed by atoms with E-state index in [1.165, 1.54) is 6.33 Å². The molecule has 0 spiro atoms. The van der Waals surface area contributed by atoms with Crippen LogP contribution in [-0.2, 0) is 0 Å². The molecule has 4 rings (SSSR count). The summed E-state index contributed by atoms with van der Waals surface area (Å²) in [5.74, 6) is 5.98. The third-order valence-electron chi connectivity index (χ3n) is 4.53. The van der Waals surface area contributed by atoms with Crippen molar-refractivity contribution in [3.8, 4) is 11.3 Å². The van der Waals surface area contributed by atoms with Gasteiger partial charge in [-0.25, -0.2) is 19.4 Å². The number of aromatic nitrogens is 5. The highest BCUT2D eigenvalue weighted by Crippen LogP contribution is 2.29. The highest BCUT2D eigenvalue weighted by atomic mass is 19.1. The summed E-state index contributed by atoms with van der Waals surface area (Å²) in [6.45, 7) is 1.04. The minimum absolute atomic E-state index is 0.176. The number of hydrogen-bond donors (Lipinski definition) is 2. The molecular formula is C15H18FN7. The number of nitrogens with one attached hydrogen (secondary N) is 1. The van der Waals surface area contributed by atoms with Gasteiger partial charge in [0.05, 0.1) is 17.9 Å². The van der Waals surface area contributed by atoms with Crippen molar-refractivity contribution in [2.75, 3.05) is 19.8 Å². The molecule has 1 aliphatic heterocycles. The molecule has 0 radical (unpaired) electrons. The highest BCUT2D eigenvalue weighted by molar-refractivity contribution is 5.89. The van der Waals surface area contributed by atoms with Crippen molar-refractivity contribution in [1.82, 2.24) is 29.7 Å². The fraction of sp³-hybridized carbons (Fsp3) is 0.400. The molecular weight excluding hydrogens is 297 g/mol. The number of rotatable bonds is 4. The molecule has 3 N–H and O–H groups in total. The van der Waals surface area contributed by atoms with Gasteiger partial charge in [-0.1, -0.05) is 0 Å². The third kappa shape index (κ3) is 2.49. The van der Waals surface area contributed by atoms with Gasteiger partial charge in [-0.2, -0.15) is 5.10 Å². The van der Waals surface area contributed by atoms with Gasteiger partial charge in [0.2, 0.25) is 0 Å². The number of fused-ring (bicyclic) bond motifs is 1. The molecule has 4 heterocycles. The lowest BCUT2D eigenvalue weighted by atomic mass is 10.0. The van der Waals surface area contributed by atoms with Gasteiger partial charge >= 0.3 is 0 Å². The lowest BCUT2D eigenvalue weighted by Crippen LogP contribution is -2.30. The zero-order valence-electron chi connectivity index (χ0n) is 12.6. The zero-order valence-corrected chi connectivity index (χ0v) is 12.6. The van der Waals surface area contributed by atoms with E-state index in [2.05, 4.69) is 20.1 Å². The predicted molar refractivity (Wildman–Crippen MR) is 84.0 cm³/mol. The Morgan fingerprint density at radius 1 is 1.43 bits per heavy atom. The molecule has 120 valence electrons. The minimum Gasteiger partial charge on any atom is -0.346 e. The van der Waals surface area contributed by atoms with E-state index in [0.717, 1.165) is 35.3 Å². The molecule has 23 heavy (non-hydrogen) atoms. The van der Waals surface area contributed by atoms with Crippen molar-refractivity contribution in [1.29, 1.82) is 0 Å². The van der Waals surface area contributed by atoms with Gasteiger partial charge < -0.3 is 4.98 Å². The molecule has 1 saturated heterocycles. The van der Waals surface area contributed by atoms with Gasteiger partial charge in [-0.3, -0.25) is 10.5 Å². The van der Waals surface area contributed by atoms with Gasteiger partial charge in [0, 0.05) is 36.4 Å². The Kier molecular flexibility index (Phi) is 3.55. The van der Waals surface area contributed by atoms with Crippen LogP contribution in [0.25, 0.3) is 22.3 Å². The Labute approximate surface area is 132 Å². The van der Waals surface area contributed by atoms with E-state index in [-0.39, 0.29) is 12.0 Å². The maximum absolute atomic E-state index is 13.6. The number of halogens is 1. The number of hydrogen-bond acceptors (Lipinski definition) is 5. The number of alkyl halides is 1. The Morgan fingerprint density at radius 2 is 2.35 bits per heavy atom. The van der Waals surface area contributed by atoms with E-state index in [0.29, 0.717) is 6.54 Å². The first kappa shape index (κ1) is 14.3. The van der Waals surface area contributed by atoms with Crippen LogP contribution in [0.15, 0.2) is 31.0 Å². The Hall–Kier alpha value is -2.32. The third-order valence-corrected chi connectivity index (χ3v) is 4.53. The van der Waals surface area contributed by atoms with Crippen molar-refractivity contribution in [3.63, 3.8) is 0 Å². The second-order valence-corrected chi connectivity index (χ2v) is 5.94. The summed E-state index contributed by atoms with van der Waals surface area (Å²) in [6.07, 6.45) is 7.81. The Morgan fingerprint density at radius 3 is 3.13 bits per heavy atom. The first-order valence-corrected chi connectivity index (χ1v) is 7.64. The number of nitrogens with zero attached hydrogens (tertiary/aromatic N) is 5. The van der Waals surface area contributed by atoms with Crippen LogP contribution in [0.5, 0.6) is 0 Å². The van der Waals surface area contributed by atoms with E-state index < -0.39 is 6.67 Å². The summed E-state index contributed by atoms with van der Waals surface area (Å²) in [6, 6.07) is 1.64. The van der Waals surface area contributed by atoms with Gasteiger partial charge in [-0.05, 0) is 18.4 Å². The van der Waals surface area contributed by atoms with E-state index in [9.17, 15) is 4.39 Å². The van der Waals surface area contributed by atoms with Crippen molar-refractivity contribution < 1.29 is 4.39 Å². The monoisotopic (exact) mass is 315 g/mol. The first-order chi connectivity index (χ1) is 11.3. The van der Waals surface area contributed by atoms with E-state index in [4.69, 9.17) is 5.84 Å². The zero-order chi connectivity index (χ0) is 15.8. The fourth-order valence-corrected chi connectivity index (χ4v) is 3.29.